The van der Waals surface area contributed by atoms with Crippen LogP contribution in [-0.4, -0.2) is 26.2 Å². The van der Waals surface area contributed by atoms with E-state index in [2.05, 4.69) is 0 Å². The van der Waals surface area contributed by atoms with E-state index < -0.39 is 12.0 Å². The minimum atomic E-state index is -4.92. The summed E-state index contributed by atoms with van der Waals surface area (Å²) in [4.78, 5) is 10.9. The first-order valence-corrected chi connectivity index (χ1v) is 4.90. The first-order chi connectivity index (χ1) is 8.40. The number of hydrogen-bond donors (Lipinski definition) is 0. The Morgan fingerprint density at radius 1 is 1.22 bits per heavy atom. The number of para-hydroxylation sites is 1. The maximum absolute atomic E-state index is 12.2. The maximum Gasteiger partial charge on any atom is 0.454 e. The third-order valence-electron chi connectivity index (χ3n) is 2.13. The van der Waals surface area contributed by atoms with Gasteiger partial charge in [-0.1, -0.05) is 12.1 Å². The molecule has 0 bridgehead atoms. The largest absolute Gasteiger partial charge is 0.496 e. The number of hydrogen-bond acceptors (Lipinski definition) is 3. The molecule has 0 fully saturated rings. The fourth-order valence-corrected chi connectivity index (χ4v) is 1.30. The monoisotopic (exact) mass is 260 g/mol. The molecule has 0 aliphatic rings. The number of carbonyl (C=O) groups is 1. The molecular formula is C12H11F3O3. The molecule has 0 saturated heterocycles. The molecule has 0 saturated carbocycles. The molecule has 0 radical (unpaired) electrons. The molecule has 6 heteroatoms. The lowest BCUT2D eigenvalue weighted by Gasteiger charge is -2.11. The van der Waals surface area contributed by atoms with Crippen LogP contribution in [0.5, 0.6) is 5.75 Å². The van der Waals surface area contributed by atoms with Gasteiger partial charge in [-0.05, 0) is 12.1 Å². The maximum atomic E-state index is 12.2. The fourth-order valence-electron chi connectivity index (χ4n) is 1.30. The first kappa shape index (κ1) is 14.1. The quantitative estimate of drug-likeness (QED) is 0.617. The molecule has 1 aromatic rings. The van der Waals surface area contributed by atoms with Crippen molar-refractivity contribution in [3.05, 3.63) is 35.9 Å². The molecule has 0 N–H and O–H groups in total. The summed E-state index contributed by atoms with van der Waals surface area (Å²) in [6, 6.07) is 6.31. The summed E-state index contributed by atoms with van der Waals surface area (Å²) in [6.07, 6.45) is -4.52. The van der Waals surface area contributed by atoms with Gasteiger partial charge < -0.3 is 9.47 Å². The van der Waals surface area contributed by atoms with E-state index in [9.17, 15) is 18.0 Å². The van der Waals surface area contributed by atoms with Gasteiger partial charge in [-0.15, -0.1) is 0 Å². The van der Waals surface area contributed by atoms with Crippen molar-refractivity contribution in [2.75, 3.05) is 14.2 Å². The predicted molar refractivity (Wildman–Crippen MR) is 59.0 cm³/mol. The van der Waals surface area contributed by atoms with Crippen LogP contribution in [0.4, 0.5) is 13.2 Å². The van der Waals surface area contributed by atoms with Gasteiger partial charge in [-0.25, -0.2) is 0 Å². The summed E-state index contributed by atoms with van der Waals surface area (Å²) in [5.74, 6) is -1.86. The van der Waals surface area contributed by atoms with Crippen LogP contribution >= 0.6 is 0 Å². The summed E-state index contributed by atoms with van der Waals surface area (Å²) in [5.41, 5.74) is 0.278. The van der Waals surface area contributed by atoms with Crippen LogP contribution in [0.2, 0.25) is 0 Å². The second kappa shape index (κ2) is 5.57. The SMILES string of the molecule is CO/C(=C\C(=O)C(F)(F)F)c1ccccc1OC. The Morgan fingerprint density at radius 3 is 2.33 bits per heavy atom. The van der Waals surface area contributed by atoms with Crippen LogP contribution in [0.3, 0.4) is 0 Å². The molecule has 18 heavy (non-hydrogen) atoms. The van der Waals surface area contributed by atoms with Crippen molar-refractivity contribution in [2.45, 2.75) is 6.18 Å². The van der Waals surface area contributed by atoms with Gasteiger partial charge >= 0.3 is 6.18 Å². The Hall–Kier alpha value is -1.98. The molecule has 98 valence electrons. The highest BCUT2D eigenvalue weighted by atomic mass is 19.4. The predicted octanol–water partition coefficient (Wildman–Crippen LogP) is 2.81. The highest BCUT2D eigenvalue weighted by Crippen LogP contribution is 2.27. The standard InChI is InChI=1S/C12H11F3O3/c1-17-9-6-4-3-5-8(9)10(18-2)7-11(16)12(13,14)15/h3-7H,1-2H3/b10-7-. The number of ketones is 1. The second-order valence-corrected chi connectivity index (χ2v) is 3.28. The first-order valence-electron chi connectivity index (χ1n) is 4.90. The van der Waals surface area contributed by atoms with Gasteiger partial charge in [0.1, 0.15) is 11.5 Å². The lowest BCUT2D eigenvalue weighted by Crippen LogP contribution is -2.20. The van der Waals surface area contributed by atoms with Crippen LogP contribution in [0, 0.1) is 0 Å². The van der Waals surface area contributed by atoms with Crippen LogP contribution in [-0.2, 0) is 9.53 Å². The summed E-state index contributed by atoms with van der Waals surface area (Å²) in [5, 5.41) is 0. The van der Waals surface area contributed by atoms with Crippen molar-refractivity contribution in [1.29, 1.82) is 0 Å². The minimum absolute atomic E-state index is 0.199. The van der Waals surface area contributed by atoms with Gasteiger partial charge in [-0.3, -0.25) is 4.79 Å². The van der Waals surface area contributed by atoms with E-state index in [0.717, 1.165) is 0 Å². The molecule has 0 spiro atoms. The molecule has 0 atom stereocenters. The Bertz CT molecular complexity index is 464. The summed E-state index contributed by atoms with van der Waals surface area (Å²) < 4.78 is 46.3. The molecule has 0 aliphatic heterocycles. The van der Waals surface area contributed by atoms with Crippen molar-refractivity contribution < 1.29 is 27.4 Å². The number of halogens is 3. The molecule has 0 amide bonds. The number of allylic oxidation sites excluding steroid dienone is 1. The van der Waals surface area contributed by atoms with E-state index in [-0.39, 0.29) is 11.3 Å². The van der Waals surface area contributed by atoms with Gasteiger partial charge in [0.05, 0.1) is 19.8 Å². The number of methoxy groups -OCH3 is 2. The zero-order valence-corrected chi connectivity index (χ0v) is 9.75. The van der Waals surface area contributed by atoms with Crippen LogP contribution in [0.25, 0.3) is 5.76 Å². The van der Waals surface area contributed by atoms with Crippen molar-refractivity contribution >= 4 is 11.5 Å². The van der Waals surface area contributed by atoms with Crippen LogP contribution in [0.15, 0.2) is 30.3 Å². The van der Waals surface area contributed by atoms with Gasteiger partial charge in [-0.2, -0.15) is 13.2 Å². The van der Waals surface area contributed by atoms with E-state index in [4.69, 9.17) is 9.47 Å². The molecular weight excluding hydrogens is 249 g/mol. The van der Waals surface area contributed by atoms with Gasteiger partial charge in [0.2, 0.25) is 0 Å². The molecule has 1 rings (SSSR count). The van der Waals surface area contributed by atoms with E-state index >= 15 is 0 Å². The number of ether oxygens (including phenoxy) is 2. The van der Waals surface area contributed by atoms with Crippen molar-refractivity contribution in [2.24, 2.45) is 0 Å². The highest BCUT2D eigenvalue weighted by molar-refractivity contribution is 5.99. The molecule has 1 aromatic carbocycles. The van der Waals surface area contributed by atoms with Gasteiger partial charge in [0.25, 0.3) is 5.78 Å². The summed E-state index contributed by atoms with van der Waals surface area (Å²) in [6.45, 7) is 0. The Kier molecular flexibility index (Phi) is 4.36. The number of rotatable bonds is 4. The van der Waals surface area contributed by atoms with Crippen molar-refractivity contribution in [1.82, 2.24) is 0 Å². The third kappa shape index (κ3) is 3.26. The van der Waals surface area contributed by atoms with E-state index in [1.54, 1.807) is 18.2 Å². The highest BCUT2D eigenvalue weighted by Gasteiger charge is 2.37. The van der Waals surface area contributed by atoms with E-state index in [1.165, 1.54) is 20.3 Å². The Balaban J connectivity index is 3.18. The lowest BCUT2D eigenvalue weighted by molar-refractivity contribution is -0.165. The van der Waals surface area contributed by atoms with E-state index in [1.807, 2.05) is 0 Å². The smallest absolute Gasteiger partial charge is 0.454 e. The van der Waals surface area contributed by atoms with Crippen molar-refractivity contribution in [3.63, 3.8) is 0 Å². The Morgan fingerprint density at radius 2 is 1.83 bits per heavy atom. The lowest BCUT2D eigenvalue weighted by atomic mass is 10.1. The number of benzene rings is 1. The summed E-state index contributed by atoms with van der Waals surface area (Å²) >= 11 is 0. The zero-order chi connectivity index (χ0) is 13.8. The normalized spacial score (nSPS) is 12.2. The molecule has 0 heterocycles. The van der Waals surface area contributed by atoms with Crippen molar-refractivity contribution in [3.8, 4) is 5.75 Å². The van der Waals surface area contributed by atoms with Gasteiger partial charge in [0.15, 0.2) is 0 Å². The average Bonchev–Trinajstić information content (AvgIpc) is 2.34. The molecule has 0 unspecified atom stereocenters. The van der Waals surface area contributed by atoms with E-state index in [0.29, 0.717) is 11.8 Å². The summed E-state index contributed by atoms with van der Waals surface area (Å²) in [7, 11) is 2.56. The second-order valence-electron chi connectivity index (χ2n) is 3.28. The number of carbonyl (C=O) groups excluding carboxylic acids is 1. The van der Waals surface area contributed by atoms with Gasteiger partial charge in [0, 0.05) is 6.08 Å². The van der Waals surface area contributed by atoms with Crippen LogP contribution in [0.1, 0.15) is 5.56 Å². The minimum Gasteiger partial charge on any atom is -0.496 e. The topological polar surface area (TPSA) is 35.5 Å². The molecule has 0 aliphatic carbocycles. The fraction of sp³-hybridized carbons (Fsp3) is 0.250. The molecule has 0 aromatic heterocycles. The Labute approximate surface area is 102 Å². The zero-order valence-electron chi connectivity index (χ0n) is 9.75. The third-order valence-corrected chi connectivity index (χ3v) is 2.13. The average molecular weight is 260 g/mol. The number of alkyl halides is 3. The molecule has 3 nitrogen and oxygen atoms in total. The van der Waals surface area contributed by atoms with Crippen LogP contribution < -0.4 is 4.74 Å².